The van der Waals surface area contributed by atoms with E-state index in [1.165, 1.54) is 43.3 Å². The van der Waals surface area contributed by atoms with Gasteiger partial charge in [0.15, 0.2) is 0 Å². The maximum Gasteiger partial charge on any atom is 0.100 e. The van der Waals surface area contributed by atoms with E-state index in [0.29, 0.717) is 5.92 Å². The van der Waals surface area contributed by atoms with Crippen LogP contribution in [0.25, 0.3) is 27.2 Å². The lowest BCUT2D eigenvalue weighted by Gasteiger charge is -2.57. The van der Waals surface area contributed by atoms with Crippen molar-refractivity contribution in [1.29, 1.82) is 0 Å². The van der Waals surface area contributed by atoms with Crippen LogP contribution in [0.2, 0.25) is 0 Å². The van der Waals surface area contributed by atoms with Gasteiger partial charge in [-0.05, 0) is 85.8 Å². The van der Waals surface area contributed by atoms with Gasteiger partial charge in [0.05, 0.1) is 11.0 Å². The van der Waals surface area contributed by atoms with Crippen molar-refractivity contribution in [3.05, 3.63) is 58.8 Å². The SMILES string of the molecule is C[C@]12CC[C@H](N=[N+]=[N-])CC1=CCC1C2CC[C@]2(C)C(n3cnc4ccccc43)=CCC12. The smallest absolute Gasteiger partial charge is 0.100 e. The minimum absolute atomic E-state index is 0.156. The van der Waals surface area contributed by atoms with Gasteiger partial charge in [0.2, 0.25) is 0 Å². The third-order valence-corrected chi connectivity index (χ3v) is 9.55. The summed E-state index contributed by atoms with van der Waals surface area (Å²) in [5.41, 5.74) is 14.8. The topological polar surface area (TPSA) is 66.6 Å². The van der Waals surface area contributed by atoms with Crippen LogP contribution in [0.3, 0.4) is 0 Å². The number of allylic oxidation sites excluding steroid dienone is 3. The molecule has 0 aliphatic heterocycles. The number of benzene rings is 1. The third-order valence-electron chi connectivity index (χ3n) is 9.55. The van der Waals surface area contributed by atoms with Crippen molar-refractivity contribution in [3.63, 3.8) is 0 Å². The van der Waals surface area contributed by atoms with E-state index in [0.717, 1.165) is 30.2 Å². The molecule has 5 heteroatoms. The van der Waals surface area contributed by atoms with Crippen LogP contribution in [0, 0.1) is 28.6 Å². The fourth-order valence-electron chi connectivity index (χ4n) is 7.88. The lowest BCUT2D eigenvalue weighted by Crippen LogP contribution is -2.49. The van der Waals surface area contributed by atoms with Gasteiger partial charge >= 0.3 is 0 Å². The molecule has 31 heavy (non-hydrogen) atoms. The molecule has 0 radical (unpaired) electrons. The van der Waals surface area contributed by atoms with Crippen molar-refractivity contribution in [2.75, 3.05) is 0 Å². The molecule has 2 aromatic rings. The monoisotopic (exact) mass is 413 g/mol. The van der Waals surface area contributed by atoms with Gasteiger partial charge in [0, 0.05) is 22.1 Å². The molecule has 1 heterocycles. The van der Waals surface area contributed by atoms with Gasteiger partial charge in [0.25, 0.3) is 0 Å². The first-order chi connectivity index (χ1) is 15.0. The normalized spacial score (nSPS) is 39.0. The van der Waals surface area contributed by atoms with E-state index >= 15 is 0 Å². The van der Waals surface area contributed by atoms with E-state index < -0.39 is 0 Å². The van der Waals surface area contributed by atoms with Gasteiger partial charge in [-0.2, -0.15) is 0 Å². The van der Waals surface area contributed by atoms with Gasteiger partial charge in [-0.1, -0.05) is 48.8 Å². The number of aromatic nitrogens is 2. The summed E-state index contributed by atoms with van der Waals surface area (Å²) in [6.07, 6.45) is 15.2. The highest BCUT2D eigenvalue weighted by Gasteiger charge is 2.57. The molecule has 5 nitrogen and oxygen atoms in total. The summed E-state index contributed by atoms with van der Waals surface area (Å²) in [4.78, 5) is 7.77. The third kappa shape index (κ3) is 2.62. The fourth-order valence-corrected chi connectivity index (χ4v) is 7.88. The Labute approximate surface area is 183 Å². The summed E-state index contributed by atoms with van der Waals surface area (Å²) < 4.78 is 2.37. The number of hydrogen-bond acceptors (Lipinski definition) is 2. The van der Waals surface area contributed by atoms with Crippen LogP contribution < -0.4 is 0 Å². The van der Waals surface area contributed by atoms with Crippen LogP contribution in [0.5, 0.6) is 0 Å². The molecule has 0 bridgehead atoms. The zero-order valence-electron chi connectivity index (χ0n) is 18.5. The number of hydrogen-bond donors (Lipinski definition) is 0. The van der Waals surface area contributed by atoms with Crippen molar-refractivity contribution in [3.8, 4) is 0 Å². The molecule has 2 fully saturated rings. The molecular weight excluding hydrogens is 382 g/mol. The van der Waals surface area contributed by atoms with E-state index in [1.54, 1.807) is 5.57 Å². The molecule has 160 valence electrons. The molecule has 6 rings (SSSR count). The summed E-state index contributed by atoms with van der Waals surface area (Å²) in [5, 5.41) is 4.06. The number of fused-ring (bicyclic) bond motifs is 6. The second kappa shape index (κ2) is 6.74. The number of para-hydroxylation sites is 2. The maximum absolute atomic E-state index is 8.89. The first-order valence-corrected chi connectivity index (χ1v) is 11.9. The maximum atomic E-state index is 8.89. The minimum Gasteiger partial charge on any atom is -0.302 e. The van der Waals surface area contributed by atoms with Crippen LogP contribution in [0.15, 0.2) is 53.4 Å². The van der Waals surface area contributed by atoms with E-state index in [4.69, 9.17) is 5.53 Å². The Morgan fingerprint density at radius 2 is 1.90 bits per heavy atom. The zero-order valence-corrected chi connectivity index (χ0v) is 18.5. The van der Waals surface area contributed by atoms with Crippen LogP contribution >= 0.6 is 0 Å². The highest BCUT2D eigenvalue weighted by Crippen LogP contribution is 2.65. The van der Waals surface area contributed by atoms with Crippen molar-refractivity contribution in [2.24, 2.45) is 33.7 Å². The lowest BCUT2D eigenvalue weighted by molar-refractivity contribution is -0.0126. The molecule has 1 aromatic carbocycles. The average molecular weight is 414 g/mol. The first kappa shape index (κ1) is 19.2. The van der Waals surface area contributed by atoms with Gasteiger partial charge in [-0.15, -0.1) is 0 Å². The number of nitrogens with zero attached hydrogens (tertiary/aromatic N) is 5. The molecule has 3 unspecified atom stereocenters. The van der Waals surface area contributed by atoms with Gasteiger partial charge in [0.1, 0.15) is 6.33 Å². The number of rotatable bonds is 2. The molecule has 0 saturated heterocycles. The summed E-state index contributed by atoms with van der Waals surface area (Å²) in [6.45, 7) is 5.03. The largest absolute Gasteiger partial charge is 0.302 e. The van der Waals surface area contributed by atoms with Crippen LogP contribution in [-0.2, 0) is 0 Å². The van der Waals surface area contributed by atoms with Crippen molar-refractivity contribution < 1.29 is 0 Å². The zero-order chi connectivity index (χ0) is 21.2. The van der Waals surface area contributed by atoms with Crippen LogP contribution in [0.4, 0.5) is 0 Å². The lowest BCUT2D eigenvalue weighted by atomic mass is 9.47. The number of azide groups is 1. The van der Waals surface area contributed by atoms with Crippen LogP contribution in [0.1, 0.15) is 58.8 Å². The molecule has 1 aromatic heterocycles. The predicted octanol–water partition coefficient (Wildman–Crippen LogP) is 7.13. The minimum atomic E-state index is 0.156. The molecule has 4 aliphatic carbocycles. The van der Waals surface area contributed by atoms with Crippen molar-refractivity contribution >= 4 is 16.7 Å². The van der Waals surface area contributed by atoms with Crippen LogP contribution in [-0.4, -0.2) is 15.6 Å². The summed E-state index contributed by atoms with van der Waals surface area (Å²) in [6, 6.07) is 8.66. The molecule has 2 saturated carbocycles. The second-order valence-electron chi connectivity index (χ2n) is 10.7. The van der Waals surface area contributed by atoms with Crippen molar-refractivity contribution in [1.82, 2.24) is 9.55 Å². The van der Waals surface area contributed by atoms with Gasteiger partial charge in [-0.25, -0.2) is 4.98 Å². The Morgan fingerprint density at radius 1 is 1.06 bits per heavy atom. The molecule has 4 aliphatic rings. The Hall–Kier alpha value is -2.52. The van der Waals surface area contributed by atoms with E-state index in [9.17, 15) is 0 Å². The fraction of sp³-hybridized carbons (Fsp3) is 0.577. The summed E-state index contributed by atoms with van der Waals surface area (Å²) in [5.74, 6) is 2.20. The highest BCUT2D eigenvalue weighted by atomic mass is 15.1. The standard InChI is InChI=1S/C26H31N5/c1-25-13-11-18(29-30-27)15-17(25)7-8-19-20-9-10-24(26(20,2)14-12-21(19)25)31-16-28-22-5-3-4-6-23(22)31/h3-7,10,16,18-21H,8-9,11-15H2,1-2H3/t18-,19?,20?,21?,25-,26-/m0/s1. The Kier molecular flexibility index (Phi) is 4.17. The van der Waals surface area contributed by atoms with Gasteiger partial charge < -0.3 is 4.57 Å². The van der Waals surface area contributed by atoms with Crippen molar-refractivity contribution in [2.45, 2.75) is 64.8 Å². The molecule has 0 amide bonds. The average Bonchev–Trinajstić information content (AvgIpc) is 3.34. The molecule has 0 spiro atoms. The quantitative estimate of drug-likeness (QED) is 0.223. The molecule has 0 N–H and O–H groups in total. The Balaban J connectivity index is 1.33. The molecule has 6 atom stereocenters. The highest BCUT2D eigenvalue weighted by molar-refractivity contribution is 5.80. The Morgan fingerprint density at radius 3 is 2.77 bits per heavy atom. The van der Waals surface area contributed by atoms with E-state index in [-0.39, 0.29) is 16.9 Å². The van der Waals surface area contributed by atoms with Gasteiger partial charge in [-0.3, -0.25) is 0 Å². The first-order valence-electron chi connectivity index (χ1n) is 11.9. The summed E-state index contributed by atoms with van der Waals surface area (Å²) >= 11 is 0. The van der Waals surface area contributed by atoms with E-state index in [1.807, 2.05) is 6.33 Å². The second-order valence-corrected chi connectivity index (χ2v) is 10.7. The number of imidazole rings is 1. The molecular formula is C26H31N5. The Bertz CT molecular complexity index is 1150. The summed E-state index contributed by atoms with van der Waals surface area (Å²) in [7, 11) is 0. The van der Waals surface area contributed by atoms with E-state index in [2.05, 4.69) is 69.8 Å². The predicted molar refractivity (Wildman–Crippen MR) is 124 cm³/mol.